The molecule has 5 nitrogen and oxygen atoms in total. The summed E-state index contributed by atoms with van der Waals surface area (Å²) in [6, 6.07) is 11.7. The van der Waals surface area contributed by atoms with Gasteiger partial charge in [-0.1, -0.05) is 23.7 Å². The zero-order chi connectivity index (χ0) is 17.3. The number of guanidine groups is 1. The van der Waals surface area contributed by atoms with Crippen molar-refractivity contribution in [3.05, 3.63) is 59.0 Å². The fourth-order valence-corrected chi connectivity index (χ4v) is 2.94. The summed E-state index contributed by atoms with van der Waals surface area (Å²) in [5.41, 5.74) is 1.09. The molecular weight excluding hydrogens is 465 g/mol. The zero-order valence-corrected chi connectivity index (χ0v) is 17.7. The van der Waals surface area contributed by atoms with Gasteiger partial charge >= 0.3 is 0 Å². The van der Waals surface area contributed by atoms with Gasteiger partial charge in [-0.05, 0) is 36.2 Å². The van der Waals surface area contributed by atoms with E-state index in [4.69, 9.17) is 20.8 Å². The van der Waals surface area contributed by atoms with Gasteiger partial charge in [0.2, 0.25) is 0 Å². The molecule has 0 aliphatic carbocycles. The Morgan fingerprint density at radius 3 is 2.88 bits per heavy atom. The van der Waals surface area contributed by atoms with Crippen molar-refractivity contribution in [2.45, 2.75) is 19.4 Å². The van der Waals surface area contributed by atoms with Gasteiger partial charge in [0.05, 0.1) is 19.4 Å². The third kappa shape index (κ3) is 7.17. The highest BCUT2D eigenvalue weighted by Crippen LogP contribution is 2.12. The molecule has 2 aromatic rings. The number of nitrogens with one attached hydrogen (secondary N) is 2. The van der Waals surface area contributed by atoms with Crippen molar-refractivity contribution < 1.29 is 9.15 Å². The molecule has 0 radical (unpaired) electrons. The van der Waals surface area contributed by atoms with Crippen molar-refractivity contribution in [3.63, 3.8) is 0 Å². The minimum Gasteiger partial charge on any atom is -0.469 e. The summed E-state index contributed by atoms with van der Waals surface area (Å²) in [6.07, 6.45) is 3.61. The normalized spacial score (nSPS) is 17.0. The van der Waals surface area contributed by atoms with Gasteiger partial charge in [-0.25, -0.2) is 4.99 Å². The predicted molar refractivity (Wildman–Crippen MR) is 115 cm³/mol. The second-order valence-corrected chi connectivity index (χ2v) is 6.60. The third-order valence-electron chi connectivity index (χ3n) is 4.13. The van der Waals surface area contributed by atoms with Crippen molar-refractivity contribution in [1.29, 1.82) is 0 Å². The molecule has 1 aromatic carbocycles. The highest BCUT2D eigenvalue weighted by atomic mass is 127. The van der Waals surface area contributed by atoms with E-state index in [-0.39, 0.29) is 24.0 Å². The Morgan fingerprint density at radius 2 is 2.15 bits per heavy atom. The van der Waals surface area contributed by atoms with E-state index in [1.807, 2.05) is 36.4 Å². The monoisotopic (exact) mass is 489 g/mol. The van der Waals surface area contributed by atoms with E-state index in [1.165, 1.54) is 0 Å². The number of halogens is 2. The molecule has 1 aliphatic heterocycles. The lowest BCUT2D eigenvalue weighted by Crippen LogP contribution is -2.40. The molecule has 0 spiro atoms. The van der Waals surface area contributed by atoms with E-state index in [0.717, 1.165) is 61.5 Å². The summed E-state index contributed by atoms with van der Waals surface area (Å²) in [5.74, 6) is 2.31. The summed E-state index contributed by atoms with van der Waals surface area (Å²) >= 11 is 6.04. The summed E-state index contributed by atoms with van der Waals surface area (Å²) < 4.78 is 10.8. The summed E-state index contributed by atoms with van der Waals surface area (Å²) in [7, 11) is 0. The van der Waals surface area contributed by atoms with Gasteiger partial charge in [0.15, 0.2) is 5.96 Å². The van der Waals surface area contributed by atoms with Crippen molar-refractivity contribution in [1.82, 2.24) is 10.6 Å². The number of furan rings is 1. The lowest BCUT2D eigenvalue weighted by molar-refractivity contribution is 0.186. The van der Waals surface area contributed by atoms with Gasteiger partial charge in [0.1, 0.15) is 5.76 Å². The first kappa shape index (κ1) is 21.1. The predicted octanol–water partition coefficient (Wildman–Crippen LogP) is 3.87. The molecule has 0 bridgehead atoms. The van der Waals surface area contributed by atoms with Crippen molar-refractivity contribution in [2.75, 3.05) is 26.3 Å². The highest BCUT2D eigenvalue weighted by Gasteiger charge is 2.15. The molecule has 1 aliphatic rings. The first-order chi connectivity index (χ1) is 12.3. The zero-order valence-electron chi connectivity index (χ0n) is 14.6. The van der Waals surface area contributed by atoms with Crippen LogP contribution in [0, 0.1) is 5.92 Å². The maximum Gasteiger partial charge on any atom is 0.191 e. The van der Waals surface area contributed by atoms with E-state index in [2.05, 4.69) is 15.6 Å². The van der Waals surface area contributed by atoms with Gasteiger partial charge in [-0.15, -0.1) is 24.0 Å². The fraction of sp³-hybridized carbons (Fsp3) is 0.421. The number of rotatable bonds is 7. The smallest absolute Gasteiger partial charge is 0.191 e. The van der Waals surface area contributed by atoms with Crippen LogP contribution in [0.2, 0.25) is 5.02 Å². The number of hydrogen-bond acceptors (Lipinski definition) is 3. The molecule has 0 amide bonds. The van der Waals surface area contributed by atoms with Crippen LogP contribution in [0.1, 0.15) is 17.7 Å². The van der Waals surface area contributed by atoms with Gasteiger partial charge in [-0.2, -0.15) is 0 Å². The van der Waals surface area contributed by atoms with Crippen LogP contribution in [0.25, 0.3) is 0 Å². The van der Waals surface area contributed by atoms with E-state index in [0.29, 0.717) is 12.5 Å². The van der Waals surface area contributed by atoms with Crippen molar-refractivity contribution >= 4 is 41.5 Å². The van der Waals surface area contributed by atoms with Gasteiger partial charge in [0, 0.05) is 37.1 Å². The van der Waals surface area contributed by atoms with E-state index >= 15 is 0 Å². The summed E-state index contributed by atoms with van der Waals surface area (Å²) in [5, 5.41) is 7.53. The van der Waals surface area contributed by atoms with Crippen LogP contribution >= 0.6 is 35.6 Å². The molecule has 1 atom stereocenters. The van der Waals surface area contributed by atoms with Crippen LogP contribution in [0.5, 0.6) is 0 Å². The molecule has 2 heterocycles. The largest absolute Gasteiger partial charge is 0.469 e. The Kier molecular flexibility index (Phi) is 9.28. The molecule has 1 unspecified atom stereocenters. The van der Waals surface area contributed by atoms with E-state index in [9.17, 15) is 0 Å². The average Bonchev–Trinajstić information content (AvgIpc) is 3.30. The maximum absolute atomic E-state index is 6.04. The molecule has 1 aromatic heterocycles. The molecule has 142 valence electrons. The fourth-order valence-electron chi connectivity index (χ4n) is 2.72. The van der Waals surface area contributed by atoms with Gasteiger partial charge in [0.25, 0.3) is 0 Å². The van der Waals surface area contributed by atoms with Gasteiger partial charge in [-0.3, -0.25) is 0 Å². The number of aliphatic imine (C=N–C) groups is 1. The maximum atomic E-state index is 6.04. The second-order valence-electron chi connectivity index (χ2n) is 6.16. The third-order valence-corrected chi connectivity index (χ3v) is 4.37. The Hall–Kier alpha value is -1.25. The molecular formula is C19H25ClIN3O2. The van der Waals surface area contributed by atoms with E-state index in [1.54, 1.807) is 6.26 Å². The average molecular weight is 490 g/mol. The van der Waals surface area contributed by atoms with Crippen LogP contribution in [0.4, 0.5) is 0 Å². The topological polar surface area (TPSA) is 58.8 Å². The van der Waals surface area contributed by atoms with Crippen molar-refractivity contribution in [3.8, 4) is 0 Å². The standard InChI is InChI=1S/C19H24ClN3O2.HI/c20-17-4-1-3-15(11-17)12-22-19(23-13-16-7-10-24-14-16)21-8-6-18-5-2-9-25-18;/h1-5,9,11,16H,6-8,10,12-14H2,(H2,21,22,23);1H. The molecule has 1 fully saturated rings. The summed E-state index contributed by atoms with van der Waals surface area (Å²) in [4.78, 5) is 4.68. The summed E-state index contributed by atoms with van der Waals surface area (Å²) in [6.45, 7) is 3.88. The number of benzene rings is 1. The molecule has 0 saturated carbocycles. The first-order valence-electron chi connectivity index (χ1n) is 8.66. The second kappa shape index (κ2) is 11.5. The quantitative estimate of drug-likeness (QED) is 0.352. The Bertz CT molecular complexity index is 673. The molecule has 1 saturated heterocycles. The number of nitrogens with zero attached hydrogens (tertiary/aromatic N) is 1. The lowest BCUT2D eigenvalue weighted by Gasteiger charge is -2.15. The SMILES string of the molecule is Clc1cccc(CN=C(NCCc2ccco2)NCC2CCOC2)c1.I. The highest BCUT2D eigenvalue weighted by molar-refractivity contribution is 14.0. The van der Waals surface area contributed by atoms with Crippen LogP contribution in [-0.2, 0) is 17.7 Å². The minimum atomic E-state index is 0. The molecule has 2 N–H and O–H groups in total. The van der Waals surface area contributed by atoms with Crippen LogP contribution in [-0.4, -0.2) is 32.3 Å². The molecule has 26 heavy (non-hydrogen) atoms. The Morgan fingerprint density at radius 1 is 1.23 bits per heavy atom. The lowest BCUT2D eigenvalue weighted by atomic mass is 10.1. The molecule has 3 rings (SSSR count). The van der Waals surface area contributed by atoms with Gasteiger partial charge < -0.3 is 19.8 Å². The van der Waals surface area contributed by atoms with Crippen LogP contribution in [0.3, 0.4) is 0 Å². The minimum absolute atomic E-state index is 0. The van der Waals surface area contributed by atoms with Crippen LogP contribution in [0.15, 0.2) is 52.1 Å². The Labute approximate surface area is 176 Å². The number of ether oxygens (including phenoxy) is 1. The number of hydrogen-bond donors (Lipinski definition) is 2. The molecule has 7 heteroatoms. The van der Waals surface area contributed by atoms with Crippen molar-refractivity contribution in [2.24, 2.45) is 10.9 Å². The van der Waals surface area contributed by atoms with Crippen LogP contribution < -0.4 is 10.6 Å². The first-order valence-corrected chi connectivity index (χ1v) is 9.04. The Balaban J connectivity index is 0.00000243. The van der Waals surface area contributed by atoms with E-state index < -0.39 is 0 Å².